The molecule has 19 heavy (non-hydrogen) atoms. The van der Waals surface area contributed by atoms with Crippen LogP contribution in [0.25, 0.3) is 11.3 Å². The number of aromatic nitrogens is 2. The first-order valence-corrected chi connectivity index (χ1v) is 5.99. The first kappa shape index (κ1) is 13.1. The molecule has 0 saturated heterocycles. The van der Waals surface area contributed by atoms with Gasteiger partial charge < -0.3 is 4.98 Å². The number of hydrogen-bond acceptors (Lipinski definition) is 3. The highest BCUT2D eigenvalue weighted by atomic mass is 35.5. The summed E-state index contributed by atoms with van der Waals surface area (Å²) in [6, 6.07) is 8.38. The van der Waals surface area contributed by atoms with Crippen LogP contribution in [0.5, 0.6) is 0 Å². The average Bonchev–Trinajstić information content (AvgIpc) is 2.39. The molecule has 0 unspecified atom stereocenters. The van der Waals surface area contributed by atoms with Gasteiger partial charge in [-0.25, -0.2) is 4.79 Å². The zero-order valence-electron chi connectivity index (χ0n) is 10.1. The number of benzene rings is 1. The average molecular weight is 276 g/mol. The molecule has 0 aliphatic carbocycles. The lowest BCUT2D eigenvalue weighted by molar-refractivity contribution is 0.672. The van der Waals surface area contributed by atoms with Crippen LogP contribution in [0.3, 0.4) is 0 Å². The Balaban J connectivity index is 2.79. The predicted molar refractivity (Wildman–Crippen MR) is 72.2 cm³/mol. The Labute approximate surface area is 113 Å². The lowest BCUT2D eigenvalue weighted by Gasteiger charge is -2.07. The summed E-state index contributed by atoms with van der Waals surface area (Å²) in [5.41, 5.74) is -0.406. The fraction of sp³-hybridized carbons (Fsp3) is 0.154. The van der Waals surface area contributed by atoms with Gasteiger partial charge in [-0.1, -0.05) is 23.7 Å². The second-order valence-electron chi connectivity index (χ2n) is 3.85. The van der Waals surface area contributed by atoms with Crippen molar-refractivity contribution in [3.8, 4) is 17.3 Å². The van der Waals surface area contributed by atoms with Crippen molar-refractivity contribution in [3.05, 3.63) is 55.7 Å². The SMILES string of the molecule is CCn1c(=O)[nH]c(-c2ccc(Cl)cc2)c(C#N)c1=O. The molecule has 5 nitrogen and oxygen atoms in total. The zero-order valence-corrected chi connectivity index (χ0v) is 10.9. The van der Waals surface area contributed by atoms with E-state index in [1.807, 2.05) is 6.07 Å². The molecule has 0 atom stereocenters. The van der Waals surface area contributed by atoms with E-state index in [4.69, 9.17) is 16.9 Å². The summed E-state index contributed by atoms with van der Waals surface area (Å²) in [6.07, 6.45) is 0. The van der Waals surface area contributed by atoms with Crippen molar-refractivity contribution in [1.29, 1.82) is 5.26 Å². The Kier molecular flexibility index (Phi) is 3.54. The topological polar surface area (TPSA) is 78.7 Å². The lowest BCUT2D eigenvalue weighted by atomic mass is 10.1. The summed E-state index contributed by atoms with van der Waals surface area (Å²) >= 11 is 5.78. The van der Waals surface area contributed by atoms with E-state index in [-0.39, 0.29) is 17.8 Å². The number of H-pyrrole nitrogens is 1. The largest absolute Gasteiger partial charge is 0.328 e. The maximum atomic E-state index is 12.0. The van der Waals surface area contributed by atoms with Crippen molar-refractivity contribution in [3.63, 3.8) is 0 Å². The van der Waals surface area contributed by atoms with Gasteiger partial charge in [0.2, 0.25) is 0 Å². The standard InChI is InChI=1S/C13H10ClN3O2/c1-2-17-12(18)10(7-15)11(16-13(17)19)8-3-5-9(14)6-4-8/h3-6H,2H2,1H3,(H,16,19). The van der Waals surface area contributed by atoms with Crippen LogP contribution >= 0.6 is 11.6 Å². The number of rotatable bonds is 2. The van der Waals surface area contributed by atoms with Crippen LogP contribution in [0.4, 0.5) is 0 Å². The quantitative estimate of drug-likeness (QED) is 0.907. The number of aromatic amines is 1. The van der Waals surface area contributed by atoms with Gasteiger partial charge >= 0.3 is 5.69 Å². The molecule has 2 aromatic rings. The molecule has 0 amide bonds. The van der Waals surface area contributed by atoms with E-state index in [0.29, 0.717) is 10.6 Å². The highest BCUT2D eigenvalue weighted by Crippen LogP contribution is 2.20. The molecule has 0 bridgehead atoms. The molecule has 0 radical (unpaired) electrons. The molecular weight excluding hydrogens is 266 g/mol. The maximum absolute atomic E-state index is 12.0. The number of hydrogen-bond donors (Lipinski definition) is 1. The normalized spacial score (nSPS) is 10.2. The predicted octanol–water partition coefficient (Wildman–Crippen LogP) is 1.75. The molecule has 0 aliphatic rings. The Bertz CT molecular complexity index is 766. The van der Waals surface area contributed by atoms with Gasteiger partial charge in [-0.3, -0.25) is 9.36 Å². The Hall–Kier alpha value is -2.32. The smallest absolute Gasteiger partial charge is 0.305 e. The maximum Gasteiger partial charge on any atom is 0.328 e. The van der Waals surface area contributed by atoms with Crippen LogP contribution in [0, 0.1) is 11.3 Å². The van der Waals surface area contributed by atoms with Crippen molar-refractivity contribution in [2.45, 2.75) is 13.5 Å². The van der Waals surface area contributed by atoms with Gasteiger partial charge in [-0.2, -0.15) is 5.26 Å². The highest BCUT2D eigenvalue weighted by Gasteiger charge is 2.14. The van der Waals surface area contributed by atoms with Crippen LogP contribution in [0.1, 0.15) is 12.5 Å². The Morgan fingerprint density at radius 3 is 2.47 bits per heavy atom. The van der Waals surface area contributed by atoms with Gasteiger partial charge in [-0.05, 0) is 24.6 Å². The van der Waals surface area contributed by atoms with E-state index in [0.717, 1.165) is 4.57 Å². The molecule has 2 rings (SSSR count). The summed E-state index contributed by atoms with van der Waals surface area (Å²) < 4.78 is 0.984. The van der Waals surface area contributed by atoms with E-state index in [1.165, 1.54) is 0 Å². The van der Waals surface area contributed by atoms with E-state index in [9.17, 15) is 9.59 Å². The molecule has 0 spiro atoms. The number of nitriles is 1. The summed E-state index contributed by atoms with van der Waals surface area (Å²) in [6.45, 7) is 1.88. The molecule has 0 saturated carbocycles. The Morgan fingerprint density at radius 2 is 1.95 bits per heavy atom. The van der Waals surface area contributed by atoms with Crippen molar-refractivity contribution in [1.82, 2.24) is 9.55 Å². The molecule has 0 aliphatic heterocycles. The van der Waals surface area contributed by atoms with Gasteiger partial charge in [0.15, 0.2) is 0 Å². The molecule has 0 fully saturated rings. The third-order valence-electron chi connectivity index (χ3n) is 2.75. The van der Waals surface area contributed by atoms with Crippen LogP contribution in [0.15, 0.2) is 33.9 Å². The molecule has 1 aromatic carbocycles. The van der Waals surface area contributed by atoms with Gasteiger partial charge in [0.05, 0.1) is 5.69 Å². The second-order valence-corrected chi connectivity index (χ2v) is 4.28. The minimum absolute atomic E-state index is 0.0798. The minimum Gasteiger partial charge on any atom is -0.305 e. The van der Waals surface area contributed by atoms with Crippen LogP contribution in [0.2, 0.25) is 5.02 Å². The summed E-state index contributed by atoms with van der Waals surface area (Å²) in [7, 11) is 0. The van der Waals surface area contributed by atoms with Crippen LogP contribution in [-0.2, 0) is 6.54 Å². The van der Waals surface area contributed by atoms with Gasteiger partial charge in [0.25, 0.3) is 5.56 Å². The molecule has 1 N–H and O–H groups in total. The van der Waals surface area contributed by atoms with Crippen molar-refractivity contribution < 1.29 is 0 Å². The van der Waals surface area contributed by atoms with Crippen molar-refractivity contribution >= 4 is 11.6 Å². The van der Waals surface area contributed by atoms with Gasteiger partial charge in [-0.15, -0.1) is 0 Å². The van der Waals surface area contributed by atoms with E-state index < -0.39 is 11.2 Å². The van der Waals surface area contributed by atoms with Crippen molar-refractivity contribution in [2.75, 3.05) is 0 Å². The first-order chi connectivity index (χ1) is 9.08. The first-order valence-electron chi connectivity index (χ1n) is 5.61. The van der Waals surface area contributed by atoms with Crippen molar-refractivity contribution in [2.24, 2.45) is 0 Å². The second kappa shape index (κ2) is 5.12. The molecule has 6 heteroatoms. The summed E-state index contributed by atoms with van der Waals surface area (Å²) in [5, 5.41) is 9.65. The van der Waals surface area contributed by atoms with Gasteiger partial charge in [0.1, 0.15) is 11.6 Å². The van der Waals surface area contributed by atoms with E-state index in [2.05, 4.69) is 4.98 Å². The molecule has 1 aromatic heterocycles. The molecule has 1 heterocycles. The number of nitrogens with zero attached hydrogens (tertiary/aromatic N) is 2. The highest BCUT2D eigenvalue weighted by molar-refractivity contribution is 6.30. The third-order valence-corrected chi connectivity index (χ3v) is 3.00. The fourth-order valence-electron chi connectivity index (χ4n) is 1.80. The fourth-order valence-corrected chi connectivity index (χ4v) is 1.92. The van der Waals surface area contributed by atoms with Crippen LogP contribution in [-0.4, -0.2) is 9.55 Å². The molecular formula is C13H10ClN3O2. The zero-order chi connectivity index (χ0) is 14.0. The van der Waals surface area contributed by atoms with E-state index >= 15 is 0 Å². The lowest BCUT2D eigenvalue weighted by Crippen LogP contribution is -2.36. The number of halogens is 1. The summed E-state index contributed by atoms with van der Waals surface area (Å²) in [4.78, 5) is 26.3. The van der Waals surface area contributed by atoms with E-state index in [1.54, 1.807) is 31.2 Å². The third kappa shape index (κ3) is 2.30. The van der Waals surface area contributed by atoms with Crippen LogP contribution < -0.4 is 11.2 Å². The Morgan fingerprint density at radius 1 is 1.32 bits per heavy atom. The monoisotopic (exact) mass is 275 g/mol. The molecule has 96 valence electrons. The van der Waals surface area contributed by atoms with Gasteiger partial charge in [0, 0.05) is 11.6 Å². The number of nitrogens with one attached hydrogen (secondary N) is 1. The minimum atomic E-state index is -0.585. The summed E-state index contributed by atoms with van der Waals surface area (Å²) in [5.74, 6) is 0.